The normalized spacial score (nSPS) is 25.2. The van der Waals surface area contributed by atoms with Crippen molar-refractivity contribution in [1.29, 1.82) is 0 Å². The van der Waals surface area contributed by atoms with Crippen LogP contribution < -0.4 is 4.74 Å². The Labute approximate surface area is 229 Å². The van der Waals surface area contributed by atoms with E-state index in [1.807, 2.05) is 30.5 Å². The van der Waals surface area contributed by atoms with Crippen LogP contribution in [0.5, 0.6) is 5.75 Å². The number of aliphatic hydroxyl groups is 1. The Hall–Kier alpha value is -3.73. The van der Waals surface area contributed by atoms with Crippen LogP contribution in [0.4, 0.5) is 0 Å². The molecule has 4 nitrogen and oxygen atoms in total. The second-order valence-corrected chi connectivity index (χ2v) is 11.6. The maximum Gasteiger partial charge on any atom is 0.131 e. The van der Waals surface area contributed by atoms with Crippen molar-refractivity contribution in [2.45, 2.75) is 31.5 Å². The van der Waals surface area contributed by atoms with Crippen molar-refractivity contribution in [3.8, 4) is 5.75 Å². The summed E-state index contributed by atoms with van der Waals surface area (Å²) < 4.78 is 6.41. The van der Waals surface area contributed by atoms with Crippen LogP contribution in [-0.4, -0.2) is 40.8 Å². The molecule has 5 aromatic rings. The van der Waals surface area contributed by atoms with Gasteiger partial charge in [0.15, 0.2) is 0 Å². The highest BCUT2D eigenvalue weighted by Crippen LogP contribution is 2.48. The van der Waals surface area contributed by atoms with Gasteiger partial charge in [-0.1, -0.05) is 48.5 Å². The third-order valence-electron chi connectivity index (χ3n) is 9.66. The third-order valence-corrected chi connectivity index (χ3v) is 9.66. The van der Waals surface area contributed by atoms with E-state index < -0.39 is 6.10 Å². The van der Waals surface area contributed by atoms with Gasteiger partial charge in [-0.05, 0) is 69.4 Å². The lowest BCUT2D eigenvalue weighted by molar-refractivity contribution is -0.984. The topological polar surface area (TPSA) is 42.4 Å². The standard InChI is InChI=1S/C35H35N2O2/c1-3-23-21-37(22-28-10-6-9-27-17-24-7-4-5-8-25(24)18-31(27)28)16-14-26(23)19-34(37)35(38)30-13-15-36-33-12-11-29(39-2)20-32(30)33/h3-13,15,17-18,20,23,26,34-35,38H,1,14,16,19,21-22H2,2H3/q+1/t23-,26-,34-,35+,37?/m0/s1. The summed E-state index contributed by atoms with van der Waals surface area (Å²) in [6.45, 7) is 7.22. The van der Waals surface area contributed by atoms with E-state index in [1.165, 1.54) is 33.5 Å². The Bertz CT molecular complexity index is 1710. The van der Waals surface area contributed by atoms with Crippen LogP contribution in [0.3, 0.4) is 0 Å². The molecule has 4 heteroatoms. The van der Waals surface area contributed by atoms with Crippen molar-refractivity contribution < 1.29 is 14.3 Å². The summed E-state index contributed by atoms with van der Waals surface area (Å²) in [7, 11) is 1.68. The molecule has 39 heavy (non-hydrogen) atoms. The van der Waals surface area contributed by atoms with E-state index in [9.17, 15) is 5.11 Å². The van der Waals surface area contributed by atoms with Crippen LogP contribution in [0.2, 0.25) is 0 Å². The highest BCUT2D eigenvalue weighted by atomic mass is 16.5. The number of nitrogens with zero attached hydrogens (tertiary/aromatic N) is 2. The molecule has 0 amide bonds. The number of methoxy groups -OCH3 is 1. The summed E-state index contributed by atoms with van der Waals surface area (Å²) in [5, 5.41) is 18.3. The number of fused-ring (bicyclic) bond motifs is 6. The fourth-order valence-electron chi connectivity index (χ4n) is 7.63. The number of piperidine rings is 3. The van der Waals surface area contributed by atoms with Gasteiger partial charge in [-0.25, -0.2) is 0 Å². The van der Waals surface area contributed by atoms with Crippen molar-refractivity contribution in [3.05, 3.63) is 109 Å². The number of aliphatic hydroxyl groups excluding tert-OH is 1. The van der Waals surface area contributed by atoms with Gasteiger partial charge in [0.25, 0.3) is 0 Å². The number of benzene rings is 4. The first-order valence-electron chi connectivity index (χ1n) is 14.1. The van der Waals surface area contributed by atoms with E-state index in [0.717, 1.165) is 52.8 Å². The lowest BCUT2D eigenvalue weighted by Crippen LogP contribution is -2.67. The Kier molecular flexibility index (Phi) is 5.91. The molecule has 0 radical (unpaired) electrons. The molecule has 0 aliphatic carbocycles. The second kappa shape index (κ2) is 9.48. The van der Waals surface area contributed by atoms with Crippen LogP contribution in [0.15, 0.2) is 97.7 Å². The van der Waals surface area contributed by atoms with Gasteiger partial charge >= 0.3 is 0 Å². The van der Waals surface area contributed by atoms with Gasteiger partial charge in [0, 0.05) is 35.9 Å². The first-order valence-corrected chi connectivity index (χ1v) is 14.1. The number of ether oxygens (including phenoxy) is 1. The molecular formula is C35H35N2O2+. The zero-order valence-corrected chi connectivity index (χ0v) is 22.5. The van der Waals surface area contributed by atoms with Crippen LogP contribution in [0.1, 0.15) is 30.1 Å². The molecule has 3 aliphatic rings. The fourth-order valence-corrected chi connectivity index (χ4v) is 7.63. The van der Waals surface area contributed by atoms with E-state index in [0.29, 0.717) is 11.8 Å². The molecule has 4 aromatic carbocycles. The largest absolute Gasteiger partial charge is 0.497 e. The Morgan fingerprint density at radius 1 is 1.00 bits per heavy atom. The Balaban J connectivity index is 1.34. The van der Waals surface area contributed by atoms with Gasteiger partial charge in [0.05, 0.1) is 25.7 Å². The summed E-state index contributed by atoms with van der Waals surface area (Å²) in [4.78, 5) is 4.58. The molecule has 1 unspecified atom stereocenters. The van der Waals surface area contributed by atoms with Crippen molar-refractivity contribution in [1.82, 2.24) is 4.98 Å². The molecule has 3 aliphatic heterocycles. The van der Waals surface area contributed by atoms with Crippen LogP contribution in [0.25, 0.3) is 32.4 Å². The molecule has 196 valence electrons. The predicted molar refractivity (Wildman–Crippen MR) is 159 cm³/mol. The smallest absolute Gasteiger partial charge is 0.131 e. The van der Waals surface area contributed by atoms with Gasteiger partial charge in [-0.15, -0.1) is 6.58 Å². The molecule has 1 aromatic heterocycles. The predicted octanol–water partition coefficient (Wildman–Crippen LogP) is 7.19. The molecule has 1 N–H and O–H groups in total. The van der Waals surface area contributed by atoms with Crippen molar-refractivity contribution in [2.24, 2.45) is 11.8 Å². The molecule has 8 rings (SSSR count). The van der Waals surface area contributed by atoms with Gasteiger partial charge in [-0.2, -0.15) is 0 Å². The Morgan fingerprint density at radius 2 is 1.82 bits per heavy atom. The molecule has 3 fully saturated rings. The lowest BCUT2D eigenvalue weighted by Gasteiger charge is -2.58. The number of hydrogen-bond acceptors (Lipinski definition) is 3. The molecule has 5 atom stereocenters. The first kappa shape index (κ1) is 24.3. The van der Waals surface area contributed by atoms with E-state index in [-0.39, 0.29) is 6.04 Å². The van der Waals surface area contributed by atoms with Crippen molar-refractivity contribution >= 4 is 32.4 Å². The Morgan fingerprint density at radius 3 is 2.64 bits per heavy atom. The molecule has 2 bridgehead atoms. The van der Waals surface area contributed by atoms with E-state index in [4.69, 9.17) is 4.74 Å². The monoisotopic (exact) mass is 515 g/mol. The summed E-state index contributed by atoms with van der Waals surface area (Å²) in [5.41, 5.74) is 3.20. The summed E-state index contributed by atoms with van der Waals surface area (Å²) in [5.74, 6) is 1.83. The summed E-state index contributed by atoms with van der Waals surface area (Å²) >= 11 is 0. The zero-order chi connectivity index (χ0) is 26.6. The number of rotatable bonds is 6. The van der Waals surface area contributed by atoms with Crippen molar-refractivity contribution in [3.63, 3.8) is 0 Å². The highest BCUT2D eigenvalue weighted by Gasteiger charge is 2.54. The van der Waals surface area contributed by atoms with E-state index in [2.05, 4.69) is 72.2 Å². The summed E-state index contributed by atoms with van der Waals surface area (Å²) in [6, 6.07) is 28.0. The minimum Gasteiger partial charge on any atom is -0.497 e. The molecule has 0 spiro atoms. The molecular weight excluding hydrogens is 480 g/mol. The molecule has 0 saturated carbocycles. The molecule has 4 heterocycles. The SMILES string of the molecule is C=C[C@H]1C[N+]2(Cc3cccc4cc5ccccc5cc34)CC[C@H]1C[C@H]2[C@H](O)c1ccnc2ccc(OC)cc12. The maximum absolute atomic E-state index is 12.2. The highest BCUT2D eigenvalue weighted by molar-refractivity contribution is 5.99. The van der Waals surface area contributed by atoms with E-state index in [1.54, 1.807) is 7.11 Å². The van der Waals surface area contributed by atoms with Crippen molar-refractivity contribution in [2.75, 3.05) is 20.2 Å². The van der Waals surface area contributed by atoms with Crippen LogP contribution in [0, 0.1) is 11.8 Å². The maximum atomic E-state index is 12.2. The summed E-state index contributed by atoms with van der Waals surface area (Å²) in [6.07, 6.45) is 5.59. The molecule has 3 saturated heterocycles. The third kappa shape index (κ3) is 4.02. The second-order valence-electron chi connectivity index (χ2n) is 11.6. The average Bonchev–Trinajstić information content (AvgIpc) is 2.99. The number of pyridine rings is 1. The number of aromatic nitrogens is 1. The van der Waals surface area contributed by atoms with Gasteiger partial charge < -0.3 is 14.3 Å². The van der Waals surface area contributed by atoms with Gasteiger partial charge in [0.2, 0.25) is 0 Å². The van der Waals surface area contributed by atoms with Gasteiger partial charge in [-0.3, -0.25) is 4.98 Å². The quantitative estimate of drug-likeness (QED) is 0.148. The number of hydrogen-bond donors (Lipinski definition) is 1. The van der Waals surface area contributed by atoms with E-state index >= 15 is 0 Å². The van der Waals surface area contributed by atoms with Gasteiger partial charge in [0.1, 0.15) is 24.4 Å². The minimum atomic E-state index is -0.591. The fraction of sp³-hybridized carbons (Fsp3) is 0.286. The first-order chi connectivity index (χ1) is 19.1. The zero-order valence-electron chi connectivity index (χ0n) is 22.5. The minimum absolute atomic E-state index is 0.104. The van der Waals surface area contributed by atoms with Crippen LogP contribution >= 0.6 is 0 Å². The number of quaternary nitrogens is 1. The lowest BCUT2D eigenvalue weighted by atomic mass is 9.71. The average molecular weight is 516 g/mol. The van der Waals surface area contributed by atoms with Crippen LogP contribution in [-0.2, 0) is 6.54 Å².